The van der Waals surface area contributed by atoms with E-state index < -0.39 is 5.82 Å². The van der Waals surface area contributed by atoms with Crippen molar-refractivity contribution < 1.29 is 9.18 Å². The molecule has 0 radical (unpaired) electrons. The van der Waals surface area contributed by atoms with Gasteiger partial charge < -0.3 is 5.32 Å². The molecule has 0 fully saturated rings. The second-order valence-corrected chi connectivity index (χ2v) is 6.38. The fourth-order valence-electron chi connectivity index (χ4n) is 1.88. The van der Waals surface area contributed by atoms with Crippen LogP contribution in [0.3, 0.4) is 0 Å². The minimum atomic E-state index is -0.421. The second-order valence-electron chi connectivity index (χ2n) is 5.00. The standard InChI is InChI=1S/C17H18FNOS/c1-11-8-9-12(2)16(10-11)21-13(3)17(20)19-15-7-5-4-6-14(15)18/h4-10,13H,1-3H3,(H,19,20)/t13-/m1/s1. The summed E-state index contributed by atoms with van der Waals surface area (Å²) in [6.45, 7) is 5.86. The van der Waals surface area contributed by atoms with Crippen LogP contribution >= 0.6 is 11.8 Å². The monoisotopic (exact) mass is 303 g/mol. The Bertz CT molecular complexity index is 657. The Morgan fingerprint density at radius 1 is 1.19 bits per heavy atom. The van der Waals surface area contributed by atoms with E-state index in [1.54, 1.807) is 18.2 Å². The zero-order valence-corrected chi connectivity index (χ0v) is 13.1. The van der Waals surface area contributed by atoms with Gasteiger partial charge in [-0.2, -0.15) is 0 Å². The van der Waals surface area contributed by atoms with Crippen LogP contribution in [0.5, 0.6) is 0 Å². The zero-order chi connectivity index (χ0) is 15.4. The number of anilines is 1. The molecule has 1 N–H and O–H groups in total. The predicted molar refractivity (Wildman–Crippen MR) is 86.3 cm³/mol. The number of benzene rings is 2. The van der Waals surface area contributed by atoms with Crippen molar-refractivity contribution in [3.8, 4) is 0 Å². The topological polar surface area (TPSA) is 29.1 Å². The summed E-state index contributed by atoms with van der Waals surface area (Å²) in [6, 6.07) is 12.3. The smallest absolute Gasteiger partial charge is 0.237 e. The molecule has 1 amide bonds. The Morgan fingerprint density at radius 2 is 1.90 bits per heavy atom. The van der Waals surface area contributed by atoms with Gasteiger partial charge in [-0.25, -0.2) is 4.39 Å². The van der Waals surface area contributed by atoms with Crippen LogP contribution in [-0.2, 0) is 4.79 Å². The highest BCUT2D eigenvalue weighted by Gasteiger charge is 2.16. The highest BCUT2D eigenvalue weighted by molar-refractivity contribution is 8.00. The fraction of sp³-hybridized carbons (Fsp3) is 0.235. The van der Waals surface area contributed by atoms with Crippen LogP contribution < -0.4 is 5.32 Å². The fourth-order valence-corrected chi connectivity index (χ4v) is 2.93. The predicted octanol–water partition coefficient (Wildman–Crippen LogP) is 4.56. The first-order valence-electron chi connectivity index (χ1n) is 6.76. The van der Waals surface area contributed by atoms with Gasteiger partial charge in [-0.05, 0) is 44.5 Å². The molecule has 110 valence electrons. The van der Waals surface area contributed by atoms with Gasteiger partial charge >= 0.3 is 0 Å². The van der Waals surface area contributed by atoms with Gasteiger partial charge in [-0.15, -0.1) is 11.8 Å². The molecule has 2 aromatic rings. The Balaban J connectivity index is 2.06. The third-order valence-corrected chi connectivity index (χ3v) is 4.41. The summed E-state index contributed by atoms with van der Waals surface area (Å²) < 4.78 is 13.5. The van der Waals surface area contributed by atoms with Crippen molar-refractivity contribution in [1.82, 2.24) is 0 Å². The van der Waals surface area contributed by atoms with E-state index >= 15 is 0 Å². The molecule has 21 heavy (non-hydrogen) atoms. The molecule has 2 rings (SSSR count). The molecule has 0 aliphatic carbocycles. The van der Waals surface area contributed by atoms with Gasteiger partial charge in [0.15, 0.2) is 0 Å². The molecule has 1 atom stereocenters. The number of thioether (sulfide) groups is 1. The molecule has 0 aliphatic heterocycles. The van der Waals surface area contributed by atoms with E-state index in [1.165, 1.54) is 17.8 Å². The van der Waals surface area contributed by atoms with Crippen molar-refractivity contribution in [2.45, 2.75) is 30.9 Å². The maximum Gasteiger partial charge on any atom is 0.237 e. The van der Waals surface area contributed by atoms with Crippen LogP contribution in [0.2, 0.25) is 0 Å². The van der Waals surface area contributed by atoms with Gasteiger partial charge in [-0.3, -0.25) is 4.79 Å². The van der Waals surface area contributed by atoms with Crippen molar-refractivity contribution in [2.24, 2.45) is 0 Å². The summed E-state index contributed by atoms with van der Waals surface area (Å²) >= 11 is 1.48. The lowest BCUT2D eigenvalue weighted by Gasteiger charge is -2.14. The number of halogens is 1. The van der Waals surface area contributed by atoms with Crippen molar-refractivity contribution in [3.63, 3.8) is 0 Å². The Morgan fingerprint density at radius 3 is 2.62 bits per heavy atom. The molecular formula is C17H18FNOS. The lowest BCUT2D eigenvalue weighted by atomic mass is 10.2. The molecule has 0 aliphatic rings. The van der Waals surface area contributed by atoms with Crippen LogP contribution in [0, 0.1) is 19.7 Å². The van der Waals surface area contributed by atoms with E-state index in [-0.39, 0.29) is 16.8 Å². The Hall–Kier alpha value is -1.81. The second kappa shape index (κ2) is 6.76. The van der Waals surface area contributed by atoms with Crippen LogP contribution in [-0.4, -0.2) is 11.2 Å². The minimum absolute atomic E-state index is 0.203. The van der Waals surface area contributed by atoms with E-state index in [4.69, 9.17) is 0 Å². The Kier molecular flexibility index (Phi) is 5.02. The molecule has 0 heterocycles. The molecule has 0 spiro atoms. The SMILES string of the molecule is Cc1ccc(C)c(S[C@H](C)C(=O)Nc2ccccc2F)c1. The summed E-state index contributed by atoms with van der Waals surface area (Å²) in [7, 11) is 0. The van der Waals surface area contributed by atoms with E-state index in [9.17, 15) is 9.18 Å². The molecular weight excluding hydrogens is 285 g/mol. The van der Waals surface area contributed by atoms with Gasteiger partial charge in [0.2, 0.25) is 5.91 Å². The summed E-state index contributed by atoms with van der Waals surface area (Å²) in [5.41, 5.74) is 2.51. The average Bonchev–Trinajstić information content (AvgIpc) is 2.45. The van der Waals surface area contributed by atoms with Crippen LogP contribution in [0.25, 0.3) is 0 Å². The van der Waals surface area contributed by atoms with Crippen LogP contribution in [0.15, 0.2) is 47.4 Å². The van der Waals surface area contributed by atoms with Gasteiger partial charge in [0.1, 0.15) is 5.82 Å². The number of aryl methyl sites for hydroxylation is 2. The van der Waals surface area contributed by atoms with Crippen LogP contribution in [0.4, 0.5) is 10.1 Å². The lowest BCUT2D eigenvalue weighted by molar-refractivity contribution is -0.115. The zero-order valence-electron chi connectivity index (χ0n) is 12.3. The number of carbonyl (C=O) groups excluding carboxylic acids is 1. The molecule has 2 aromatic carbocycles. The summed E-state index contributed by atoms with van der Waals surface area (Å²) in [5, 5.41) is 2.33. The Labute approximate surface area is 128 Å². The van der Waals surface area contributed by atoms with Gasteiger partial charge in [0.05, 0.1) is 10.9 Å². The van der Waals surface area contributed by atoms with Gasteiger partial charge in [-0.1, -0.05) is 29.8 Å². The number of nitrogens with one attached hydrogen (secondary N) is 1. The molecule has 0 saturated heterocycles. The first kappa shape index (κ1) is 15.6. The van der Waals surface area contributed by atoms with Crippen molar-refractivity contribution in [3.05, 3.63) is 59.4 Å². The highest BCUT2D eigenvalue weighted by Crippen LogP contribution is 2.28. The summed E-state index contributed by atoms with van der Waals surface area (Å²) in [5.74, 6) is -0.624. The lowest BCUT2D eigenvalue weighted by Crippen LogP contribution is -2.23. The largest absolute Gasteiger partial charge is 0.323 e. The maximum atomic E-state index is 13.5. The number of hydrogen-bond donors (Lipinski definition) is 1. The van der Waals surface area contributed by atoms with Gasteiger partial charge in [0, 0.05) is 4.90 Å². The van der Waals surface area contributed by atoms with Crippen molar-refractivity contribution in [2.75, 3.05) is 5.32 Å². The first-order valence-corrected chi connectivity index (χ1v) is 7.64. The number of para-hydroxylation sites is 1. The van der Waals surface area contributed by atoms with Crippen molar-refractivity contribution in [1.29, 1.82) is 0 Å². The van der Waals surface area contributed by atoms with Gasteiger partial charge in [0.25, 0.3) is 0 Å². The minimum Gasteiger partial charge on any atom is -0.323 e. The summed E-state index contributed by atoms with van der Waals surface area (Å²) in [6.07, 6.45) is 0. The summed E-state index contributed by atoms with van der Waals surface area (Å²) in [4.78, 5) is 13.2. The quantitative estimate of drug-likeness (QED) is 0.839. The molecule has 4 heteroatoms. The molecule has 0 aromatic heterocycles. The van der Waals surface area contributed by atoms with E-state index in [2.05, 4.69) is 11.4 Å². The average molecular weight is 303 g/mol. The third kappa shape index (κ3) is 4.08. The number of amides is 1. The maximum absolute atomic E-state index is 13.5. The normalized spacial score (nSPS) is 12.0. The third-order valence-electron chi connectivity index (χ3n) is 3.15. The first-order chi connectivity index (χ1) is 9.97. The van der Waals surface area contributed by atoms with E-state index in [0.29, 0.717) is 0 Å². The molecule has 0 unspecified atom stereocenters. The van der Waals surface area contributed by atoms with Crippen LogP contribution in [0.1, 0.15) is 18.1 Å². The molecule has 0 saturated carbocycles. The van der Waals surface area contributed by atoms with E-state index in [0.717, 1.165) is 16.0 Å². The number of carbonyl (C=O) groups is 1. The highest BCUT2D eigenvalue weighted by atomic mass is 32.2. The van der Waals surface area contributed by atoms with Crippen molar-refractivity contribution >= 4 is 23.4 Å². The van der Waals surface area contributed by atoms with E-state index in [1.807, 2.05) is 32.9 Å². The number of hydrogen-bond acceptors (Lipinski definition) is 2. The molecule has 0 bridgehead atoms. The number of rotatable bonds is 4. The molecule has 2 nitrogen and oxygen atoms in total.